The minimum absolute atomic E-state index is 0.631. The highest BCUT2D eigenvalue weighted by Gasteiger charge is 2.09. The molecule has 0 bridgehead atoms. The van der Waals surface area contributed by atoms with Crippen molar-refractivity contribution in [2.24, 2.45) is 0 Å². The Bertz CT molecular complexity index is 581. The number of aryl methyl sites for hydroxylation is 1. The van der Waals surface area contributed by atoms with Crippen molar-refractivity contribution in [3.63, 3.8) is 0 Å². The molecule has 0 atom stereocenters. The summed E-state index contributed by atoms with van der Waals surface area (Å²) in [6, 6.07) is 14.5. The normalized spacial score (nSPS) is 10.2. The molecule has 0 aromatic heterocycles. The minimum atomic E-state index is 0.631. The molecule has 0 saturated carbocycles. The zero-order valence-corrected chi connectivity index (χ0v) is 13.0. The van der Waals surface area contributed by atoms with Crippen molar-refractivity contribution in [2.75, 3.05) is 19.0 Å². The third-order valence-electron chi connectivity index (χ3n) is 3.38. The van der Waals surface area contributed by atoms with Crippen LogP contribution >= 0.6 is 0 Å². The summed E-state index contributed by atoms with van der Waals surface area (Å²) in [7, 11) is 1.68. The van der Waals surface area contributed by atoms with Crippen LogP contribution in [-0.2, 0) is 13.0 Å². The number of para-hydroxylation sites is 1. The number of hydrogen-bond acceptors (Lipinski definition) is 3. The van der Waals surface area contributed by atoms with Gasteiger partial charge in [-0.3, -0.25) is 0 Å². The summed E-state index contributed by atoms with van der Waals surface area (Å²) in [5, 5.41) is 3.44. The van der Waals surface area contributed by atoms with Crippen LogP contribution in [0.1, 0.15) is 25.0 Å². The largest absolute Gasteiger partial charge is 0.493 e. The molecule has 3 heteroatoms. The highest BCUT2D eigenvalue weighted by atomic mass is 16.5. The molecule has 21 heavy (non-hydrogen) atoms. The van der Waals surface area contributed by atoms with Crippen molar-refractivity contribution in [1.82, 2.24) is 0 Å². The first-order chi connectivity index (χ1) is 10.3. The molecule has 2 aromatic rings. The molecule has 0 unspecified atom stereocenters. The van der Waals surface area contributed by atoms with Gasteiger partial charge in [-0.05, 0) is 37.1 Å². The van der Waals surface area contributed by atoms with Gasteiger partial charge in [0.15, 0.2) is 11.5 Å². The fraction of sp³-hybridized carbons (Fsp3) is 0.333. The van der Waals surface area contributed by atoms with Gasteiger partial charge in [0.2, 0.25) is 0 Å². The molecular weight excluding hydrogens is 262 g/mol. The van der Waals surface area contributed by atoms with E-state index < -0.39 is 0 Å². The van der Waals surface area contributed by atoms with E-state index >= 15 is 0 Å². The first-order valence-corrected chi connectivity index (χ1v) is 7.40. The van der Waals surface area contributed by atoms with Gasteiger partial charge >= 0.3 is 0 Å². The second kappa shape index (κ2) is 7.58. The summed E-state index contributed by atoms with van der Waals surface area (Å²) < 4.78 is 11.1. The van der Waals surface area contributed by atoms with Gasteiger partial charge in [0, 0.05) is 17.8 Å². The molecule has 1 N–H and O–H groups in total. The molecule has 2 aromatic carbocycles. The monoisotopic (exact) mass is 285 g/mol. The summed E-state index contributed by atoms with van der Waals surface area (Å²) >= 11 is 0. The van der Waals surface area contributed by atoms with E-state index in [1.54, 1.807) is 7.11 Å². The zero-order valence-electron chi connectivity index (χ0n) is 13.0. The number of methoxy groups -OCH3 is 1. The summed E-state index contributed by atoms with van der Waals surface area (Å²) in [5.41, 5.74) is 3.54. The molecule has 0 amide bonds. The van der Waals surface area contributed by atoms with Gasteiger partial charge in [-0.2, -0.15) is 0 Å². The Hall–Kier alpha value is -2.16. The zero-order chi connectivity index (χ0) is 15.1. The Kier molecular flexibility index (Phi) is 5.50. The van der Waals surface area contributed by atoms with Crippen molar-refractivity contribution >= 4 is 5.69 Å². The SMILES string of the molecule is CCOc1cccc(CNc2cccc(CC)c2)c1OC. The Balaban J connectivity index is 2.13. The Labute approximate surface area is 126 Å². The standard InChI is InChI=1S/C18H23NO2/c1-4-14-8-6-10-16(12-14)19-13-15-9-7-11-17(21-5-2)18(15)20-3/h6-12,19H,4-5,13H2,1-3H3. The van der Waals surface area contributed by atoms with E-state index in [4.69, 9.17) is 9.47 Å². The lowest BCUT2D eigenvalue weighted by atomic mass is 10.1. The van der Waals surface area contributed by atoms with E-state index in [-0.39, 0.29) is 0 Å². The van der Waals surface area contributed by atoms with E-state index in [1.807, 2.05) is 19.1 Å². The summed E-state index contributed by atoms with van der Waals surface area (Å²) in [6.45, 7) is 5.47. The summed E-state index contributed by atoms with van der Waals surface area (Å²) in [4.78, 5) is 0. The molecule has 0 fully saturated rings. The van der Waals surface area contributed by atoms with E-state index in [2.05, 4.69) is 42.6 Å². The van der Waals surface area contributed by atoms with Crippen LogP contribution in [-0.4, -0.2) is 13.7 Å². The molecule has 0 radical (unpaired) electrons. The maximum Gasteiger partial charge on any atom is 0.165 e. The predicted octanol–water partition coefficient (Wildman–Crippen LogP) is 4.27. The predicted molar refractivity (Wildman–Crippen MR) is 87.3 cm³/mol. The molecule has 2 rings (SSSR count). The van der Waals surface area contributed by atoms with Crippen LogP contribution in [0, 0.1) is 0 Å². The topological polar surface area (TPSA) is 30.5 Å². The van der Waals surface area contributed by atoms with Crippen LogP contribution in [0.25, 0.3) is 0 Å². The lowest BCUT2D eigenvalue weighted by molar-refractivity contribution is 0.309. The van der Waals surface area contributed by atoms with Crippen LogP contribution in [0.15, 0.2) is 42.5 Å². The van der Waals surface area contributed by atoms with E-state index in [1.165, 1.54) is 5.56 Å². The van der Waals surface area contributed by atoms with Crippen molar-refractivity contribution in [3.05, 3.63) is 53.6 Å². The molecule has 0 aliphatic rings. The highest BCUT2D eigenvalue weighted by molar-refractivity contribution is 5.50. The van der Waals surface area contributed by atoms with Crippen molar-refractivity contribution in [1.29, 1.82) is 0 Å². The van der Waals surface area contributed by atoms with Crippen molar-refractivity contribution in [3.8, 4) is 11.5 Å². The Morgan fingerprint density at radius 1 is 1.05 bits per heavy atom. The molecular formula is C18H23NO2. The summed E-state index contributed by atoms with van der Waals surface area (Å²) in [5.74, 6) is 1.60. The van der Waals surface area contributed by atoms with Crippen LogP contribution < -0.4 is 14.8 Å². The molecule has 0 aliphatic heterocycles. The fourth-order valence-corrected chi connectivity index (χ4v) is 2.30. The lowest BCUT2D eigenvalue weighted by Gasteiger charge is -2.15. The van der Waals surface area contributed by atoms with Gasteiger partial charge in [-0.15, -0.1) is 0 Å². The minimum Gasteiger partial charge on any atom is -0.493 e. The average molecular weight is 285 g/mol. The number of ether oxygens (including phenoxy) is 2. The molecule has 3 nitrogen and oxygen atoms in total. The highest BCUT2D eigenvalue weighted by Crippen LogP contribution is 2.31. The van der Waals surface area contributed by atoms with E-state index in [0.29, 0.717) is 13.2 Å². The molecule has 0 aliphatic carbocycles. The lowest BCUT2D eigenvalue weighted by Crippen LogP contribution is -2.04. The summed E-state index contributed by atoms with van der Waals surface area (Å²) in [6.07, 6.45) is 1.04. The van der Waals surface area contributed by atoms with Crippen LogP contribution in [0.4, 0.5) is 5.69 Å². The van der Waals surface area contributed by atoms with Gasteiger partial charge in [-0.25, -0.2) is 0 Å². The molecule has 0 saturated heterocycles. The Morgan fingerprint density at radius 3 is 2.57 bits per heavy atom. The van der Waals surface area contributed by atoms with Crippen LogP contribution in [0.3, 0.4) is 0 Å². The number of anilines is 1. The van der Waals surface area contributed by atoms with Crippen molar-refractivity contribution < 1.29 is 9.47 Å². The fourth-order valence-electron chi connectivity index (χ4n) is 2.30. The quantitative estimate of drug-likeness (QED) is 0.824. The van der Waals surface area contributed by atoms with Gasteiger partial charge in [0.1, 0.15) is 0 Å². The second-order valence-electron chi connectivity index (χ2n) is 4.79. The molecule has 0 spiro atoms. The average Bonchev–Trinajstić information content (AvgIpc) is 2.53. The number of benzene rings is 2. The number of nitrogens with one attached hydrogen (secondary N) is 1. The van der Waals surface area contributed by atoms with Crippen LogP contribution in [0.2, 0.25) is 0 Å². The first kappa shape index (κ1) is 15.2. The smallest absolute Gasteiger partial charge is 0.165 e. The third kappa shape index (κ3) is 3.91. The second-order valence-corrected chi connectivity index (χ2v) is 4.79. The number of hydrogen-bond donors (Lipinski definition) is 1. The van der Waals surface area contributed by atoms with E-state index in [9.17, 15) is 0 Å². The van der Waals surface area contributed by atoms with Crippen LogP contribution in [0.5, 0.6) is 11.5 Å². The Morgan fingerprint density at radius 2 is 1.86 bits per heavy atom. The number of rotatable bonds is 7. The van der Waals surface area contributed by atoms with Gasteiger partial charge in [0.25, 0.3) is 0 Å². The van der Waals surface area contributed by atoms with E-state index in [0.717, 1.165) is 29.2 Å². The maximum absolute atomic E-state index is 5.60. The molecule has 112 valence electrons. The van der Waals surface area contributed by atoms with Crippen molar-refractivity contribution in [2.45, 2.75) is 26.8 Å². The maximum atomic E-state index is 5.60. The first-order valence-electron chi connectivity index (χ1n) is 7.40. The molecule has 0 heterocycles. The van der Waals surface area contributed by atoms with Gasteiger partial charge in [-0.1, -0.05) is 31.2 Å². The third-order valence-corrected chi connectivity index (χ3v) is 3.38. The van der Waals surface area contributed by atoms with Gasteiger partial charge in [0.05, 0.1) is 13.7 Å². The van der Waals surface area contributed by atoms with Gasteiger partial charge < -0.3 is 14.8 Å².